The van der Waals surface area contributed by atoms with Crippen LogP contribution in [0.3, 0.4) is 0 Å². The van der Waals surface area contributed by atoms with Gasteiger partial charge in [0.2, 0.25) is 0 Å². The van der Waals surface area contributed by atoms with E-state index in [9.17, 15) is 0 Å². The Hall–Kier alpha value is 0.367. The van der Waals surface area contributed by atoms with Crippen molar-refractivity contribution < 1.29 is 23.5 Å². The minimum Gasteiger partial charge on any atom is -0.394 e. The molecule has 1 atom stereocenters. The molecule has 15 heavy (non-hydrogen) atoms. The third-order valence-corrected chi connectivity index (χ3v) is 6.21. The number of thioether (sulfide) groups is 1. The average molecular weight is 256 g/mol. The quantitative estimate of drug-likeness (QED) is 0.445. The first-order chi connectivity index (χ1) is 7.14. The monoisotopic (exact) mass is 256 g/mol. The molecule has 0 spiro atoms. The van der Waals surface area contributed by atoms with Crippen LogP contribution in [0.4, 0.5) is 0 Å². The van der Waals surface area contributed by atoms with Crippen molar-refractivity contribution in [3.05, 3.63) is 0 Å². The van der Waals surface area contributed by atoms with E-state index in [0.29, 0.717) is 11.8 Å². The third-order valence-electron chi connectivity index (χ3n) is 2.01. The molecule has 0 aliphatic carbocycles. The SMILES string of the molecule is CO[Si](CCSCC(O)CO)(OC)OC. The molecule has 92 valence electrons. The highest BCUT2D eigenvalue weighted by Gasteiger charge is 2.36. The zero-order chi connectivity index (χ0) is 11.7. The molecule has 0 aromatic rings. The Morgan fingerprint density at radius 2 is 1.73 bits per heavy atom. The Kier molecular flexibility index (Phi) is 8.72. The van der Waals surface area contributed by atoms with Gasteiger partial charge in [-0.3, -0.25) is 0 Å². The smallest absolute Gasteiger partial charge is 0.394 e. The minimum atomic E-state index is -2.46. The van der Waals surface area contributed by atoms with E-state index in [1.165, 1.54) is 0 Å². The Morgan fingerprint density at radius 3 is 2.13 bits per heavy atom. The highest BCUT2D eigenvalue weighted by Crippen LogP contribution is 2.16. The van der Waals surface area contributed by atoms with Crippen LogP contribution >= 0.6 is 11.8 Å². The van der Waals surface area contributed by atoms with Crippen molar-refractivity contribution in [2.24, 2.45) is 0 Å². The van der Waals surface area contributed by atoms with Gasteiger partial charge in [-0.2, -0.15) is 11.8 Å². The van der Waals surface area contributed by atoms with Gasteiger partial charge in [0.05, 0.1) is 12.7 Å². The van der Waals surface area contributed by atoms with E-state index in [1.807, 2.05) is 0 Å². The lowest BCUT2D eigenvalue weighted by molar-refractivity contribution is 0.113. The molecule has 7 heteroatoms. The molecule has 0 rings (SSSR count). The molecule has 0 saturated carbocycles. The Morgan fingerprint density at radius 1 is 1.20 bits per heavy atom. The summed E-state index contributed by atoms with van der Waals surface area (Å²) in [6.07, 6.45) is -0.654. The first kappa shape index (κ1) is 15.4. The topological polar surface area (TPSA) is 68.2 Å². The minimum absolute atomic E-state index is 0.200. The second kappa shape index (κ2) is 8.51. The summed E-state index contributed by atoms with van der Waals surface area (Å²) >= 11 is 1.54. The highest BCUT2D eigenvalue weighted by molar-refractivity contribution is 7.99. The summed E-state index contributed by atoms with van der Waals surface area (Å²) in [5, 5.41) is 17.7. The zero-order valence-corrected chi connectivity index (χ0v) is 11.2. The Balaban J connectivity index is 3.72. The maximum atomic E-state index is 9.11. The van der Waals surface area contributed by atoms with Crippen LogP contribution in [0.5, 0.6) is 0 Å². The van der Waals surface area contributed by atoms with Crippen molar-refractivity contribution in [2.45, 2.75) is 12.1 Å². The van der Waals surface area contributed by atoms with Gasteiger partial charge < -0.3 is 23.5 Å². The van der Waals surface area contributed by atoms with Crippen LogP contribution in [-0.4, -0.2) is 64.6 Å². The molecule has 0 aliphatic rings. The van der Waals surface area contributed by atoms with Crippen molar-refractivity contribution in [3.8, 4) is 0 Å². The zero-order valence-electron chi connectivity index (χ0n) is 9.43. The Labute approximate surface area is 96.1 Å². The highest BCUT2D eigenvalue weighted by atomic mass is 32.2. The molecule has 1 unspecified atom stereocenters. The molecule has 0 heterocycles. The molecule has 0 aliphatic heterocycles. The van der Waals surface area contributed by atoms with Crippen LogP contribution in [0, 0.1) is 0 Å². The van der Waals surface area contributed by atoms with Gasteiger partial charge in [-0.25, -0.2) is 0 Å². The summed E-state index contributed by atoms with van der Waals surface area (Å²) in [6.45, 7) is -0.200. The molecule has 0 saturated heterocycles. The van der Waals surface area contributed by atoms with Gasteiger partial charge in [-0.05, 0) is 5.75 Å². The second-order valence-corrected chi connectivity index (χ2v) is 7.20. The van der Waals surface area contributed by atoms with Gasteiger partial charge in [0.25, 0.3) is 0 Å². The number of aliphatic hydroxyl groups excluding tert-OH is 2. The van der Waals surface area contributed by atoms with E-state index < -0.39 is 14.9 Å². The summed E-state index contributed by atoms with van der Waals surface area (Å²) < 4.78 is 15.7. The van der Waals surface area contributed by atoms with Crippen LogP contribution in [0.1, 0.15) is 0 Å². The van der Waals surface area contributed by atoms with Crippen LogP contribution in [0.2, 0.25) is 6.04 Å². The number of aliphatic hydroxyl groups is 2. The molecule has 5 nitrogen and oxygen atoms in total. The average Bonchev–Trinajstić information content (AvgIpc) is 2.30. The molecule has 2 N–H and O–H groups in total. The van der Waals surface area contributed by atoms with E-state index >= 15 is 0 Å². The first-order valence-electron chi connectivity index (χ1n) is 4.66. The molecular weight excluding hydrogens is 236 g/mol. The first-order valence-corrected chi connectivity index (χ1v) is 7.75. The van der Waals surface area contributed by atoms with Crippen LogP contribution in [0.15, 0.2) is 0 Å². The normalized spacial score (nSPS) is 14.2. The van der Waals surface area contributed by atoms with Crippen LogP contribution in [0.25, 0.3) is 0 Å². The van der Waals surface area contributed by atoms with E-state index in [-0.39, 0.29) is 6.61 Å². The molecule has 0 aromatic heterocycles. The van der Waals surface area contributed by atoms with Crippen LogP contribution < -0.4 is 0 Å². The molecule has 0 radical (unpaired) electrons. The molecule has 0 aromatic carbocycles. The maximum Gasteiger partial charge on any atom is 0.500 e. The Bertz CT molecular complexity index is 148. The summed E-state index contributed by atoms with van der Waals surface area (Å²) in [5.41, 5.74) is 0. The van der Waals surface area contributed by atoms with E-state index in [4.69, 9.17) is 23.5 Å². The lowest BCUT2D eigenvalue weighted by Crippen LogP contribution is -2.43. The maximum absolute atomic E-state index is 9.11. The van der Waals surface area contributed by atoms with Crippen molar-refractivity contribution in [2.75, 3.05) is 39.4 Å². The largest absolute Gasteiger partial charge is 0.500 e. The van der Waals surface area contributed by atoms with Gasteiger partial charge in [-0.1, -0.05) is 0 Å². The van der Waals surface area contributed by atoms with Crippen molar-refractivity contribution in [3.63, 3.8) is 0 Å². The van der Waals surface area contributed by atoms with Gasteiger partial charge in [-0.15, -0.1) is 0 Å². The van der Waals surface area contributed by atoms with Crippen molar-refractivity contribution in [1.29, 1.82) is 0 Å². The lowest BCUT2D eigenvalue weighted by Gasteiger charge is -2.24. The fourth-order valence-electron chi connectivity index (χ4n) is 1.03. The van der Waals surface area contributed by atoms with E-state index in [0.717, 1.165) is 5.75 Å². The standard InChI is InChI=1S/C8H20O5SSi/c1-11-15(12-2,13-3)5-4-14-7-8(10)6-9/h8-10H,4-7H2,1-3H3. The fraction of sp³-hybridized carbons (Fsp3) is 1.00. The summed E-state index contributed by atoms with van der Waals surface area (Å²) in [6, 6.07) is 0.694. The van der Waals surface area contributed by atoms with Gasteiger partial charge >= 0.3 is 8.80 Å². The summed E-state index contributed by atoms with van der Waals surface area (Å²) in [4.78, 5) is 0. The van der Waals surface area contributed by atoms with Gasteiger partial charge in [0.1, 0.15) is 0 Å². The third kappa shape index (κ3) is 5.86. The van der Waals surface area contributed by atoms with Crippen LogP contribution in [-0.2, 0) is 13.3 Å². The molecule has 0 fully saturated rings. The van der Waals surface area contributed by atoms with E-state index in [1.54, 1.807) is 33.1 Å². The molecule has 0 amide bonds. The predicted molar refractivity (Wildman–Crippen MR) is 62.0 cm³/mol. The number of hydrogen-bond donors (Lipinski definition) is 2. The number of rotatable bonds is 9. The van der Waals surface area contributed by atoms with Crippen molar-refractivity contribution in [1.82, 2.24) is 0 Å². The lowest BCUT2D eigenvalue weighted by atomic mass is 10.4. The predicted octanol–water partition coefficient (Wildman–Crippen LogP) is -0.0491. The summed E-state index contributed by atoms with van der Waals surface area (Å²) in [5.74, 6) is 1.29. The van der Waals surface area contributed by atoms with E-state index in [2.05, 4.69) is 0 Å². The molecular formula is C8H20O5SSi. The van der Waals surface area contributed by atoms with Gasteiger partial charge in [0, 0.05) is 33.1 Å². The summed E-state index contributed by atoms with van der Waals surface area (Å²) in [7, 11) is 2.26. The second-order valence-electron chi connectivity index (χ2n) is 2.96. The fourth-order valence-corrected chi connectivity index (χ4v) is 4.26. The van der Waals surface area contributed by atoms with Gasteiger partial charge in [0.15, 0.2) is 0 Å². The molecule has 0 bridgehead atoms. The number of hydrogen-bond acceptors (Lipinski definition) is 6. The van der Waals surface area contributed by atoms with Crippen molar-refractivity contribution >= 4 is 20.6 Å².